The molecule has 0 saturated heterocycles. The summed E-state index contributed by atoms with van der Waals surface area (Å²) in [6, 6.07) is 20.7. The highest BCUT2D eigenvalue weighted by atomic mass is 16.5. The van der Waals surface area contributed by atoms with Crippen molar-refractivity contribution in [3.05, 3.63) is 84.9 Å². The predicted octanol–water partition coefficient (Wildman–Crippen LogP) is 5.01. The molecule has 1 amide bonds. The van der Waals surface area contributed by atoms with E-state index in [0.29, 0.717) is 17.0 Å². The molecule has 0 fully saturated rings. The first-order valence-electron chi connectivity index (χ1n) is 9.13. The average Bonchev–Trinajstić information content (AvgIpc) is 3.38. The second-order valence-electron chi connectivity index (χ2n) is 6.62. The van der Waals surface area contributed by atoms with E-state index >= 15 is 0 Å². The third-order valence-corrected chi connectivity index (χ3v) is 4.73. The Bertz CT molecular complexity index is 1320. The van der Waals surface area contributed by atoms with Crippen LogP contribution in [0, 0.1) is 0 Å². The van der Waals surface area contributed by atoms with E-state index in [1.54, 1.807) is 19.2 Å². The molecule has 0 spiro atoms. The number of aromatic nitrogens is 2. The maximum atomic E-state index is 12.7. The third-order valence-electron chi connectivity index (χ3n) is 4.73. The second-order valence-corrected chi connectivity index (χ2v) is 6.62. The molecule has 5 aromatic rings. The van der Waals surface area contributed by atoms with Gasteiger partial charge in [0.25, 0.3) is 5.91 Å². The lowest BCUT2D eigenvalue weighted by molar-refractivity contribution is 0.0998. The summed E-state index contributed by atoms with van der Waals surface area (Å²) >= 11 is 0. The number of fused-ring (bicyclic) bond motifs is 2. The summed E-state index contributed by atoms with van der Waals surface area (Å²) < 4.78 is 13.0. The van der Waals surface area contributed by atoms with Crippen LogP contribution >= 0.6 is 0 Å². The van der Waals surface area contributed by atoms with Gasteiger partial charge in [-0.15, -0.1) is 0 Å². The Morgan fingerprint density at radius 1 is 1.07 bits per heavy atom. The van der Waals surface area contributed by atoms with Gasteiger partial charge in [-0.05, 0) is 36.4 Å². The molecule has 0 aliphatic carbocycles. The number of hydrogen-bond donors (Lipinski definition) is 1. The van der Waals surface area contributed by atoms with Gasteiger partial charge in [0.2, 0.25) is 0 Å². The molecule has 0 aliphatic rings. The lowest BCUT2D eigenvalue weighted by atomic mass is 10.1. The SMILES string of the molecule is COc1cccc2cc(C(=O)Nc3cccc(-c4cn5ccccc5n4)c3)oc12. The summed E-state index contributed by atoms with van der Waals surface area (Å²) in [7, 11) is 1.57. The summed E-state index contributed by atoms with van der Waals surface area (Å²) in [6.07, 6.45) is 3.91. The minimum absolute atomic E-state index is 0.225. The zero-order valence-corrected chi connectivity index (χ0v) is 15.6. The molecule has 0 radical (unpaired) electrons. The first-order chi connectivity index (χ1) is 14.2. The van der Waals surface area contributed by atoms with Crippen molar-refractivity contribution in [3.63, 3.8) is 0 Å². The Labute approximate surface area is 166 Å². The van der Waals surface area contributed by atoms with Crippen LogP contribution in [0.25, 0.3) is 27.9 Å². The molecule has 0 atom stereocenters. The maximum absolute atomic E-state index is 12.7. The van der Waals surface area contributed by atoms with Crippen LogP contribution in [0.15, 0.2) is 83.5 Å². The van der Waals surface area contributed by atoms with Crippen LogP contribution in [0.2, 0.25) is 0 Å². The highest BCUT2D eigenvalue weighted by Crippen LogP contribution is 2.29. The van der Waals surface area contributed by atoms with Crippen LogP contribution in [0.4, 0.5) is 5.69 Å². The summed E-state index contributed by atoms with van der Waals surface area (Å²) in [6.45, 7) is 0. The van der Waals surface area contributed by atoms with Crippen LogP contribution in [0.3, 0.4) is 0 Å². The van der Waals surface area contributed by atoms with Crippen molar-refractivity contribution in [2.45, 2.75) is 0 Å². The largest absolute Gasteiger partial charge is 0.493 e. The van der Waals surface area contributed by atoms with Gasteiger partial charge in [-0.1, -0.05) is 30.3 Å². The van der Waals surface area contributed by atoms with Gasteiger partial charge < -0.3 is 18.9 Å². The van der Waals surface area contributed by atoms with Crippen molar-refractivity contribution >= 4 is 28.2 Å². The van der Waals surface area contributed by atoms with E-state index in [-0.39, 0.29) is 11.7 Å². The molecule has 0 saturated carbocycles. The second kappa shape index (κ2) is 6.83. The lowest BCUT2D eigenvalue weighted by Gasteiger charge is -2.05. The van der Waals surface area contributed by atoms with Gasteiger partial charge in [0.1, 0.15) is 5.65 Å². The van der Waals surface area contributed by atoms with Crippen LogP contribution in [0.5, 0.6) is 5.75 Å². The van der Waals surface area contributed by atoms with Gasteiger partial charge in [0.15, 0.2) is 17.1 Å². The number of methoxy groups -OCH3 is 1. The van der Waals surface area contributed by atoms with E-state index in [9.17, 15) is 4.79 Å². The van der Waals surface area contributed by atoms with Crippen molar-refractivity contribution in [3.8, 4) is 17.0 Å². The number of ether oxygens (including phenoxy) is 1. The molecule has 6 nitrogen and oxygen atoms in total. The summed E-state index contributed by atoms with van der Waals surface area (Å²) in [5.41, 5.74) is 3.84. The van der Waals surface area contributed by atoms with Crippen molar-refractivity contribution in [2.75, 3.05) is 12.4 Å². The summed E-state index contributed by atoms with van der Waals surface area (Å²) in [5, 5.41) is 3.71. The van der Waals surface area contributed by atoms with Gasteiger partial charge in [-0.2, -0.15) is 0 Å². The summed E-state index contributed by atoms with van der Waals surface area (Å²) in [4.78, 5) is 17.3. The summed E-state index contributed by atoms with van der Waals surface area (Å²) in [5.74, 6) is 0.494. The molecule has 2 aromatic carbocycles. The van der Waals surface area contributed by atoms with E-state index in [2.05, 4.69) is 10.3 Å². The van der Waals surface area contributed by atoms with Gasteiger partial charge in [-0.25, -0.2) is 4.98 Å². The zero-order chi connectivity index (χ0) is 19.8. The Balaban J connectivity index is 1.43. The fourth-order valence-corrected chi connectivity index (χ4v) is 3.33. The Morgan fingerprint density at radius 2 is 1.97 bits per heavy atom. The molecule has 0 unspecified atom stereocenters. The number of pyridine rings is 1. The van der Waals surface area contributed by atoms with E-state index in [0.717, 1.165) is 22.3 Å². The number of furan rings is 1. The molecule has 3 heterocycles. The Kier molecular flexibility index (Phi) is 4.02. The van der Waals surface area contributed by atoms with Crippen molar-refractivity contribution in [1.82, 2.24) is 9.38 Å². The number of para-hydroxylation sites is 1. The fraction of sp³-hybridized carbons (Fsp3) is 0.0435. The van der Waals surface area contributed by atoms with E-state index in [1.165, 1.54) is 0 Å². The van der Waals surface area contributed by atoms with Crippen LogP contribution < -0.4 is 10.1 Å². The quantitative estimate of drug-likeness (QED) is 0.474. The molecule has 142 valence electrons. The molecular formula is C23H17N3O3. The molecule has 29 heavy (non-hydrogen) atoms. The first kappa shape index (κ1) is 17.1. The molecule has 3 aromatic heterocycles. The lowest BCUT2D eigenvalue weighted by Crippen LogP contribution is -2.10. The monoisotopic (exact) mass is 383 g/mol. The number of hydrogen-bond acceptors (Lipinski definition) is 4. The number of nitrogens with zero attached hydrogens (tertiary/aromatic N) is 2. The molecule has 0 aliphatic heterocycles. The minimum Gasteiger partial charge on any atom is -0.493 e. The number of anilines is 1. The van der Waals surface area contributed by atoms with Gasteiger partial charge in [-0.3, -0.25) is 4.79 Å². The van der Waals surface area contributed by atoms with E-state index in [1.807, 2.05) is 71.4 Å². The fourth-order valence-electron chi connectivity index (χ4n) is 3.33. The van der Waals surface area contributed by atoms with E-state index in [4.69, 9.17) is 9.15 Å². The first-order valence-corrected chi connectivity index (χ1v) is 9.13. The standard InChI is InChI=1S/C23H17N3O3/c1-28-19-9-5-7-16-13-20(29-22(16)19)23(27)24-17-8-4-6-15(12-17)18-14-26-11-3-2-10-21(26)25-18/h2-14H,1H3,(H,24,27). The molecule has 5 rings (SSSR count). The van der Waals surface area contributed by atoms with E-state index < -0.39 is 0 Å². The van der Waals surface area contributed by atoms with Crippen molar-refractivity contribution < 1.29 is 13.9 Å². The Hall–Kier alpha value is -4.06. The number of benzene rings is 2. The predicted molar refractivity (Wildman–Crippen MR) is 111 cm³/mol. The number of carbonyl (C=O) groups excluding carboxylic acids is 1. The van der Waals surface area contributed by atoms with Crippen molar-refractivity contribution in [1.29, 1.82) is 0 Å². The van der Waals surface area contributed by atoms with Gasteiger partial charge in [0, 0.05) is 29.0 Å². The number of amides is 1. The maximum Gasteiger partial charge on any atom is 0.291 e. The smallest absolute Gasteiger partial charge is 0.291 e. The van der Waals surface area contributed by atoms with Crippen LogP contribution in [-0.2, 0) is 0 Å². The Morgan fingerprint density at radius 3 is 2.83 bits per heavy atom. The van der Waals surface area contributed by atoms with Crippen LogP contribution in [0.1, 0.15) is 10.6 Å². The van der Waals surface area contributed by atoms with Crippen molar-refractivity contribution in [2.24, 2.45) is 0 Å². The van der Waals surface area contributed by atoms with Gasteiger partial charge >= 0.3 is 0 Å². The third kappa shape index (κ3) is 3.10. The average molecular weight is 383 g/mol. The van der Waals surface area contributed by atoms with Crippen LogP contribution in [-0.4, -0.2) is 22.4 Å². The topological polar surface area (TPSA) is 68.8 Å². The zero-order valence-electron chi connectivity index (χ0n) is 15.6. The minimum atomic E-state index is -0.324. The highest BCUT2D eigenvalue weighted by Gasteiger charge is 2.15. The number of rotatable bonds is 4. The number of imidazole rings is 1. The number of nitrogens with one attached hydrogen (secondary N) is 1. The molecule has 1 N–H and O–H groups in total. The molecule has 6 heteroatoms. The number of carbonyl (C=O) groups is 1. The normalized spacial score (nSPS) is 11.1. The molecule has 0 bridgehead atoms. The molecular weight excluding hydrogens is 366 g/mol. The highest BCUT2D eigenvalue weighted by molar-refractivity contribution is 6.05. The van der Waals surface area contributed by atoms with Gasteiger partial charge in [0.05, 0.1) is 12.8 Å².